The molecule has 8 nitrogen and oxygen atoms in total. The third-order valence-corrected chi connectivity index (χ3v) is 6.78. The Balaban J connectivity index is 1.89. The molecule has 0 aliphatic carbocycles. The molecule has 0 spiro atoms. The van der Waals surface area contributed by atoms with Gasteiger partial charge in [-0.05, 0) is 50.6 Å². The van der Waals surface area contributed by atoms with Gasteiger partial charge in [-0.2, -0.15) is 0 Å². The maximum absolute atomic E-state index is 13.3. The van der Waals surface area contributed by atoms with Gasteiger partial charge in [0, 0.05) is 5.56 Å². The quantitative estimate of drug-likeness (QED) is 0.232. The molecule has 35 heavy (non-hydrogen) atoms. The van der Waals surface area contributed by atoms with Crippen molar-refractivity contribution in [2.24, 2.45) is 0 Å². The molecule has 1 unspecified atom stereocenters. The average molecular weight is 493 g/mol. The van der Waals surface area contributed by atoms with Crippen LogP contribution in [0.15, 0.2) is 54.1 Å². The van der Waals surface area contributed by atoms with Gasteiger partial charge in [-0.15, -0.1) is 0 Å². The molecule has 1 aromatic heterocycles. The van der Waals surface area contributed by atoms with Gasteiger partial charge in [0.05, 0.1) is 31.0 Å². The lowest BCUT2D eigenvalue weighted by molar-refractivity contribution is -0.132. The van der Waals surface area contributed by atoms with Crippen LogP contribution >= 0.6 is 11.3 Å². The van der Waals surface area contributed by atoms with E-state index in [2.05, 4.69) is 4.98 Å². The van der Waals surface area contributed by atoms with Gasteiger partial charge >= 0.3 is 11.9 Å². The Morgan fingerprint density at radius 1 is 1.09 bits per heavy atom. The van der Waals surface area contributed by atoms with Crippen LogP contribution in [0.5, 0.6) is 5.75 Å². The SMILES string of the molecule is CCOc1ccc(C(O)=C2C(=O)C(=O)N(c3nc(C)c(C(=O)OC)s3)C2c2ccc(C)cc2)cc1. The van der Waals surface area contributed by atoms with E-state index in [9.17, 15) is 19.5 Å². The molecule has 2 aromatic carbocycles. The van der Waals surface area contributed by atoms with E-state index in [4.69, 9.17) is 9.47 Å². The first-order chi connectivity index (χ1) is 16.8. The minimum atomic E-state index is -0.932. The standard InChI is InChI=1S/C26H24N2O6S/c1-5-34-18-12-10-17(11-13-18)21(29)19-20(16-8-6-14(2)7-9-16)28(24(31)22(19)30)26-27-15(3)23(35-26)25(32)33-4/h6-13,20,29H,5H2,1-4H3. The summed E-state index contributed by atoms with van der Waals surface area (Å²) in [7, 11) is 1.26. The van der Waals surface area contributed by atoms with E-state index in [0.29, 0.717) is 29.2 Å². The van der Waals surface area contributed by atoms with Crippen LogP contribution in [0.4, 0.5) is 5.13 Å². The summed E-state index contributed by atoms with van der Waals surface area (Å²) in [6, 6.07) is 13.0. The Morgan fingerprint density at radius 2 is 1.74 bits per heavy atom. The maximum Gasteiger partial charge on any atom is 0.350 e. The van der Waals surface area contributed by atoms with E-state index in [1.165, 1.54) is 12.0 Å². The van der Waals surface area contributed by atoms with Gasteiger partial charge in [0.1, 0.15) is 16.4 Å². The number of methoxy groups -OCH3 is 1. The van der Waals surface area contributed by atoms with Crippen molar-refractivity contribution < 1.29 is 29.0 Å². The van der Waals surface area contributed by atoms with E-state index in [0.717, 1.165) is 16.9 Å². The minimum absolute atomic E-state index is 0.0597. The Morgan fingerprint density at radius 3 is 2.34 bits per heavy atom. The molecule has 2 heterocycles. The van der Waals surface area contributed by atoms with Crippen molar-refractivity contribution in [1.29, 1.82) is 0 Å². The number of amides is 1. The molecule has 3 aromatic rings. The smallest absolute Gasteiger partial charge is 0.350 e. The Labute approximate surface area is 206 Å². The van der Waals surface area contributed by atoms with Crippen LogP contribution in [0.25, 0.3) is 5.76 Å². The van der Waals surface area contributed by atoms with Gasteiger partial charge in [0.25, 0.3) is 5.78 Å². The molecule has 1 amide bonds. The zero-order valence-electron chi connectivity index (χ0n) is 19.7. The highest BCUT2D eigenvalue weighted by molar-refractivity contribution is 7.17. The number of rotatable bonds is 6. The summed E-state index contributed by atoms with van der Waals surface area (Å²) in [6.07, 6.45) is 0. The van der Waals surface area contributed by atoms with Crippen molar-refractivity contribution in [3.05, 3.63) is 81.4 Å². The third kappa shape index (κ3) is 4.42. The summed E-state index contributed by atoms with van der Waals surface area (Å²) < 4.78 is 10.3. The zero-order valence-corrected chi connectivity index (χ0v) is 20.5. The molecule has 9 heteroatoms. The summed E-state index contributed by atoms with van der Waals surface area (Å²) >= 11 is 0.960. The highest BCUT2D eigenvalue weighted by Crippen LogP contribution is 2.44. The number of Topliss-reactive ketones (excluding diaryl/α,β-unsaturated/α-hetero) is 1. The topological polar surface area (TPSA) is 106 Å². The Bertz CT molecular complexity index is 1320. The molecular formula is C26H24N2O6S. The second-order valence-corrected chi connectivity index (χ2v) is 8.92. The average Bonchev–Trinajstić information content (AvgIpc) is 3.36. The van der Waals surface area contributed by atoms with Crippen LogP contribution in [0.1, 0.15) is 45.0 Å². The first-order valence-corrected chi connectivity index (χ1v) is 11.7. The summed E-state index contributed by atoms with van der Waals surface area (Å²) in [4.78, 5) is 44.5. The van der Waals surface area contributed by atoms with Gasteiger partial charge in [0.2, 0.25) is 0 Å². The van der Waals surface area contributed by atoms with Crippen molar-refractivity contribution in [3.63, 3.8) is 0 Å². The lowest BCUT2D eigenvalue weighted by Crippen LogP contribution is -2.29. The van der Waals surface area contributed by atoms with E-state index < -0.39 is 23.7 Å². The fraction of sp³-hybridized carbons (Fsp3) is 0.231. The molecule has 4 rings (SSSR count). The lowest BCUT2D eigenvalue weighted by atomic mass is 9.95. The highest BCUT2D eigenvalue weighted by Gasteiger charge is 2.48. The van der Waals surface area contributed by atoms with Crippen molar-refractivity contribution in [2.45, 2.75) is 26.8 Å². The number of benzene rings is 2. The van der Waals surface area contributed by atoms with Crippen molar-refractivity contribution >= 4 is 39.9 Å². The summed E-state index contributed by atoms with van der Waals surface area (Å²) in [5.41, 5.74) is 2.31. The number of carbonyl (C=O) groups excluding carboxylic acids is 3. The number of hydrogen-bond acceptors (Lipinski definition) is 8. The molecule has 0 saturated carbocycles. The number of nitrogens with zero attached hydrogens (tertiary/aromatic N) is 2. The van der Waals surface area contributed by atoms with E-state index in [1.807, 2.05) is 26.0 Å². The van der Waals surface area contributed by atoms with Crippen molar-refractivity contribution in [2.75, 3.05) is 18.6 Å². The fourth-order valence-electron chi connectivity index (χ4n) is 3.89. The van der Waals surface area contributed by atoms with Crippen LogP contribution in [-0.4, -0.2) is 41.5 Å². The lowest BCUT2D eigenvalue weighted by Gasteiger charge is -2.23. The molecule has 1 aliphatic rings. The number of aliphatic hydroxyl groups excluding tert-OH is 1. The molecule has 0 radical (unpaired) electrons. The van der Waals surface area contributed by atoms with Crippen LogP contribution in [-0.2, 0) is 14.3 Å². The van der Waals surface area contributed by atoms with Crippen molar-refractivity contribution in [1.82, 2.24) is 4.98 Å². The Kier molecular flexibility index (Phi) is 6.70. The van der Waals surface area contributed by atoms with E-state index >= 15 is 0 Å². The number of ether oxygens (including phenoxy) is 2. The van der Waals surface area contributed by atoms with E-state index in [-0.39, 0.29) is 21.3 Å². The minimum Gasteiger partial charge on any atom is -0.507 e. The maximum atomic E-state index is 13.3. The first-order valence-electron chi connectivity index (χ1n) is 10.9. The number of esters is 1. The van der Waals surface area contributed by atoms with Crippen molar-refractivity contribution in [3.8, 4) is 5.75 Å². The number of hydrogen-bond donors (Lipinski definition) is 1. The second-order valence-electron chi connectivity index (χ2n) is 7.94. The highest BCUT2D eigenvalue weighted by atomic mass is 32.1. The third-order valence-electron chi connectivity index (χ3n) is 5.64. The molecule has 1 atom stereocenters. The number of thiazole rings is 1. The number of anilines is 1. The van der Waals surface area contributed by atoms with Crippen LogP contribution in [0.3, 0.4) is 0 Å². The van der Waals surface area contributed by atoms with E-state index in [1.54, 1.807) is 43.3 Å². The Hall–Kier alpha value is -3.98. The number of aromatic nitrogens is 1. The molecule has 1 N–H and O–H groups in total. The summed E-state index contributed by atoms with van der Waals surface area (Å²) in [6.45, 7) is 5.91. The second kappa shape index (κ2) is 9.71. The predicted octanol–water partition coefficient (Wildman–Crippen LogP) is 4.57. The number of carbonyl (C=O) groups is 3. The van der Waals surface area contributed by atoms with Gasteiger partial charge in [-0.25, -0.2) is 9.78 Å². The number of ketones is 1. The fourth-order valence-corrected chi connectivity index (χ4v) is 4.90. The summed E-state index contributed by atoms with van der Waals surface area (Å²) in [5.74, 6) is -1.94. The number of aliphatic hydroxyl groups is 1. The molecule has 0 bridgehead atoms. The molecule has 1 fully saturated rings. The van der Waals surface area contributed by atoms with Crippen LogP contribution < -0.4 is 9.64 Å². The van der Waals surface area contributed by atoms with Crippen LogP contribution in [0.2, 0.25) is 0 Å². The molecule has 1 aliphatic heterocycles. The van der Waals surface area contributed by atoms with Gasteiger partial charge < -0.3 is 14.6 Å². The zero-order chi connectivity index (χ0) is 25.3. The van der Waals surface area contributed by atoms with Gasteiger partial charge in [-0.3, -0.25) is 14.5 Å². The molecular weight excluding hydrogens is 468 g/mol. The predicted molar refractivity (Wildman–Crippen MR) is 132 cm³/mol. The summed E-state index contributed by atoms with van der Waals surface area (Å²) in [5, 5.41) is 11.4. The number of aryl methyl sites for hydroxylation is 2. The van der Waals surface area contributed by atoms with Gasteiger partial charge in [-0.1, -0.05) is 41.2 Å². The molecule has 1 saturated heterocycles. The van der Waals surface area contributed by atoms with Gasteiger partial charge in [0.15, 0.2) is 5.13 Å². The monoisotopic (exact) mass is 492 g/mol. The normalized spacial score (nSPS) is 17.0. The van der Waals surface area contributed by atoms with Crippen LogP contribution in [0, 0.1) is 13.8 Å². The largest absolute Gasteiger partial charge is 0.507 e. The first kappa shape index (κ1) is 24.2. The molecule has 180 valence electrons.